The molecule has 1 aliphatic carbocycles. The number of fused-ring (bicyclic) bond motifs is 1. The van der Waals surface area contributed by atoms with Gasteiger partial charge in [-0.1, -0.05) is 110 Å². The maximum atomic E-state index is 13.6. The molecule has 42 heavy (non-hydrogen) atoms. The van der Waals surface area contributed by atoms with E-state index in [1.54, 1.807) is 36.4 Å². The average Bonchev–Trinajstić information content (AvgIpc) is 3.39. The standard InChI is InChI=1S/C36H37NO4S/c1-3-4-18-32-33(27-37-25-12-11-19-34(32)37)36(23-20-30(21-24-36)29-14-7-5-8-15-29)22-13-26-42(39,40)35(41-28(2)38)31-16-9-6-10-17-31/h5-17,19-23,25,27,35H,3-4,18,24,26H2,1-2H3. The first-order valence-corrected chi connectivity index (χ1v) is 16.2. The van der Waals surface area contributed by atoms with Crippen molar-refractivity contribution in [3.8, 4) is 0 Å². The summed E-state index contributed by atoms with van der Waals surface area (Å²) in [6, 6.07) is 25.1. The van der Waals surface area contributed by atoms with E-state index in [2.05, 4.69) is 66.2 Å². The molecule has 2 unspecified atom stereocenters. The van der Waals surface area contributed by atoms with E-state index in [1.165, 1.54) is 23.6 Å². The van der Waals surface area contributed by atoms with Gasteiger partial charge in [-0.15, -0.1) is 0 Å². The van der Waals surface area contributed by atoms with Crippen molar-refractivity contribution < 1.29 is 17.9 Å². The highest BCUT2D eigenvalue weighted by molar-refractivity contribution is 7.91. The van der Waals surface area contributed by atoms with Gasteiger partial charge in [0.15, 0.2) is 9.84 Å². The van der Waals surface area contributed by atoms with Crippen molar-refractivity contribution in [2.24, 2.45) is 0 Å². The van der Waals surface area contributed by atoms with Gasteiger partial charge in [-0.25, -0.2) is 8.42 Å². The predicted octanol–water partition coefficient (Wildman–Crippen LogP) is 7.80. The first-order valence-electron chi connectivity index (χ1n) is 14.5. The predicted molar refractivity (Wildman–Crippen MR) is 170 cm³/mol. The number of carbonyl (C=O) groups excluding carboxylic acids is 1. The molecule has 0 fully saturated rings. The van der Waals surface area contributed by atoms with Crippen molar-refractivity contribution in [1.82, 2.24) is 4.40 Å². The summed E-state index contributed by atoms with van der Waals surface area (Å²) in [6.07, 6.45) is 18.4. The lowest BCUT2D eigenvalue weighted by Gasteiger charge is -2.31. The Kier molecular flexibility index (Phi) is 8.93. The van der Waals surface area contributed by atoms with Crippen LogP contribution < -0.4 is 0 Å². The molecule has 0 radical (unpaired) electrons. The van der Waals surface area contributed by atoms with Crippen LogP contribution in [0.2, 0.25) is 0 Å². The summed E-state index contributed by atoms with van der Waals surface area (Å²) in [5.41, 5.74) is 4.46. The summed E-state index contributed by atoms with van der Waals surface area (Å²) < 4.78 is 34.6. The minimum absolute atomic E-state index is 0.262. The van der Waals surface area contributed by atoms with E-state index < -0.39 is 26.7 Å². The second-order valence-corrected chi connectivity index (χ2v) is 12.9. The van der Waals surface area contributed by atoms with E-state index >= 15 is 0 Å². The number of benzene rings is 2. The number of ether oxygens (including phenoxy) is 1. The molecule has 6 heteroatoms. The van der Waals surface area contributed by atoms with Crippen LogP contribution in [0.25, 0.3) is 11.1 Å². The molecule has 4 aromatic rings. The van der Waals surface area contributed by atoms with Crippen LogP contribution in [0.3, 0.4) is 0 Å². The number of aryl methyl sites for hydroxylation is 1. The lowest BCUT2D eigenvalue weighted by Crippen LogP contribution is -2.24. The van der Waals surface area contributed by atoms with Gasteiger partial charge in [0.2, 0.25) is 5.44 Å². The maximum Gasteiger partial charge on any atom is 0.304 e. The topological polar surface area (TPSA) is 64.9 Å². The number of nitrogens with zero attached hydrogens (tertiary/aromatic N) is 1. The molecular formula is C36H37NO4S. The summed E-state index contributed by atoms with van der Waals surface area (Å²) in [5, 5.41) is 0. The number of sulfone groups is 1. The molecule has 0 bridgehead atoms. The highest BCUT2D eigenvalue weighted by Crippen LogP contribution is 2.42. The van der Waals surface area contributed by atoms with Crippen molar-refractivity contribution in [3.63, 3.8) is 0 Å². The number of esters is 1. The molecule has 2 aromatic carbocycles. The van der Waals surface area contributed by atoms with Gasteiger partial charge in [-0.05, 0) is 53.7 Å². The van der Waals surface area contributed by atoms with E-state index in [4.69, 9.17) is 4.74 Å². The van der Waals surface area contributed by atoms with Crippen LogP contribution in [0, 0.1) is 0 Å². The number of rotatable bonds is 11. The Hall–Kier alpha value is -4.16. The second kappa shape index (κ2) is 12.8. The Labute approximate surface area is 248 Å². The normalized spacial score (nSPS) is 17.8. The van der Waals surface area contributed by atoms with Crippen LogP contribution in [-0.2, 0) is 31.2 Å². The lowest BCUT2D eigenvalue weighted by molar-refractivity contribution is -0.143. The van der Waals surface area contributed by atoms with Crippen molar-refractivity contribution in [2.75, 3.05) is 5.75 Å². The van der Waals surface area contributed by atoms with E-state index in [0.717, 1.165) is 30.4 Å². The summed E-state index contributed by atoms with van der Waals surface area (Å²) in [6.45, 7) is 3.43. The van der Waals surface area contributed by atoms with E-state index in [1.807, 2.05) is 30.3 Å². The van der Waals surface area contributed by atoms with Crippen molar-refractivity contribution in [1.29, 1.82) is 0 Å². The van der Waals surface area contributed by atoms with E-state index in [0.29, 0.717) is 12.0 Å². The smallest absolute Gasteiger partial charge is 0.304 e. The second-order valence-electron chi connectivity index (χ2n) is 10.8. The fourth-order valence-electron chi connectivity index (χ4n) is 5.70. The Morgan fingerprint density at radius 2 is 1.74 bits per heavy atom. The summed E-state index contributed by atoms with van der Waals surface area (Å²) in [5.74, 6) is -0.898. The summed E-state index contributed by atoms with van der Waals surface area (Å²) in [7, 11) is -3.86. The number of allylic oxidation sites excluding steroid dienone is 5. The molecule has 0 amide bonds. The number of carbonyl (C=O) groups is 1. The maximum absolute atomic E-state index is 13.6. The number of unbranched alkanes of at least 4 members (excludes halogenated alkanes) is 1. The van der Waals surface area contributed by atoms with Gasteiger partial charge >= 0.3 is 5.97 Å². The van der Waals surface area contributed by atoms with Crippen molar-refractivity contribution >= 4 is 26.9 Å². The summed E-state index contributed by atoms with van der Waals surface area (Å²) in [4.78, 5) is 11.9. The Morgan fingerprint density at radius 3 is 2.40 bits per heavy atom. The quantitative estimate of drug-likeness (QED) is 0.134. The van der Waals surface area contributed by atoms with Crippen molar-refractivity contribution in [3.05, 3.63) is 144 Å². The molecule has 2 aromatic heterocycles. The largest absolute Gasteiger partial charge is 0.441 e. The monoisotopic (exact) mass is 579 g/mol. The molecule has 5 nitrogen and oxygen atoms in total. The zero-order valence-electron chi connectivity index (χ0n) is 24.1. The molecule has 0 aliphatic heterocycles. The van der Waals surface area contributed by atoms with E-state index in [-0.39, 0.29) is 5.75 Å². The van der Waals surface area contributed by atoms with Gasteiger partial charge < -0.3 is 9.14 Å². The first-order chi connectivity index (χ1) is 20.3. The van der Waals surface area contributed by atoms with Gasteiger partial charge in [0, 0.05) is 35.8 Å². The number of pyridine rings is 1. The Morgan fingerprint density at radius 1 is 1.02 bits per heavy atom. The van der Waals surface area contributed by atoms with Gasteiger partial charge in [-0.2, -0.15) is 0 Å². The molecule has 0 saturated carbocycles. The minimum Gasteiger partial charge on any atom is -0.441 e. The third-order valence-electron chi connectivity index (χ3n) is 7.82. The fourth-order valence-corrected chi connectivity index (χ4v) is 7.09. The number of hydrogen-bond donors (Lipinski definition) is 0. The first kappa shape index (κ1) is 29.3. The van der Waals surface area contributed by atoms with Crippen LogP contribution in [0.15, 0.2) is 122 Å². The third kappa shape index (κ3) is 6.34. The van der Waals surface area contributed by atoms with Crippen molar-refractivity contribution in [2.45, 2.75) is 50.4 Å². The van der Waals surface area contributed by atoms with Gasteiger partial charge in [0.1, 0.15) is 0 Å². The highest BCUT2D eigenvalue weighted by Gasteiger charge is 2.34. The molecule has 2 atom stereocenters. The Bertz CT molecular complexity index is 1730. The molecule has 2 heterocycles. The molecule has 0 spiro atoms. The minimum atomic E-state index is -3.86. The average molecular weight is 580 g/mol. The molecule has 1 aliphatic rings. The van der Waals surface area contributed by atoms with Crippen LogP contribution in [0.4, 0.5) is 0 Å². The van der Waals surface area contributed by atoms with Crippen LogP contribution in [-0.4, -0.2) is 24.5 Å². The van der Waals surface area contributed by atoms with Crippen LogP contribution in [0.1, 0.15) is 60.8 Å². The zero-order chi connectivity index (χ0) is 29.6. The lowest BCUT2D eigenvalue weighted by atomic mass is 9.72. The molecule has 0 N–H and O–H groups in total. The van der Waals surface area contributed by atoms with Crippen LogP contribution >= 0.6 is 0 Å². The molecule has 5 rings (SSSR count). The number of aromatic nitrogens is 1. The Balaban J connectivity index is 1.55. The highest BCUT2D eigenvalue weighted by atomic mass is 32.2. The third-order valence-corrected chi connectivity index (χ3v) is 9.49. The number of hydrogen-bond acceptors (Lipinski definition) is 4. The SMILES string of the molecule is CCCCc1c(C2(C=CCS(=O)(=O)C(OC(C)=O)c3ccccc3)C=CC(c3ccccc3)=CC2)cn2ccccc12. The molecular weight excluding hydrogens is 542 g/mol. The van der Waals surface area contributed by atoms with Crippen LogP contribution in [0.5, 0.6) is 0 Å². The van der Waals surface area contributed by atoms with Gasteiger partial charge in [0.05, 0.1) is 5.75 Å². The van der Waals surface area contributed by atoms with Gasteiger partial charge in [0.25, 0.3) is 0 Å². The fraction of sp³-hybridized carbons (Fsp3) is 0.250. The summed E-state index contributed by atoms with van der Waals surface area (Å²) >= 11 is 0. The molecule has 0 saturated heterocycles. The zero-order valence-corrected chi connectivity index (χ0v) is 25.0. The molecule has 216 valence electrons. The van der Waals surface area contributed by atoms with Gasteiger partial charge in [-0.3, -0.25) is 4.79 Å². The van der Waals surface area contributed by atoms with E-state index in [9.17, 15) is 13.2 Å².